The van der Waals surface area contributed by atoms with Gasteiger partial charge in [-0.3, -0.25) is 38.4 Å². The van der Waals surface area contributed by atoms with Gasteiger partial charge in [0.05, 0.1) is 52.7 Å². The molecule has 2 aromatic rings. The third-order valence-electron chi connectivity index (χ3n) is 9.53. The molecule has 0 spiro atoms. The zero-order chi connectivity index (χ0) is 46.8. The van der Waals surface area contributed by atoms with Gasteiger partial charge in [-0.2, -0.15) is 0 Å². The van der Waals surface area contributed by atoms with Crippen molar-refractivity contribution in [3.8, 4) is 0 Å². The van der Waals surface area contributed by atoms with Crippen LogP contribution in [-0.4, -0.2) is 93.9 Å². The molecule has 18 nitrogen and oxygen atoms in total. The normalized spacial score (nSPS) is 12.5. The van der Waals surface area contributed by atoms with Gasteiger partial charge in [0.15, 0.2) is 11.6 Å². The number of esters is 2. The van der Waals surface area contributed by atoms with Gasteiger partial charge in [0.2, 0.25) is 23.6 Å². The lowest BCUT2D eigenvalue weighted by atomic mass is 9.99. The Kier molecular flexibility index (Phi) is 26.0. The molecule has 0 heterocycles. The number of hydrogen-bond acceptors (Lipinski definition) is 14. The van der Waals surface area contributed by atoms with Gasteiger partial charge in [-0.25, -0.2) is 0 Å². The van der Waals surface area contributed by atoms with Gasteiger partial charge in [0, 0.05) is 61.7 Å². The minimum Gasteiger partial charge on any atom is -0.469 e. The number of methoxy groups -OCH3 is 2. The summed E-state index contributed by atoms with van der Waals surface area (Å²) in [5.41, 5.74) is 3.05. The fourth-order valence-corrected chi connectivity index (χ4v) is 5.81. The molecule has 8 N–H and O–H groups in total. The average Bonchev–Trinajstić information content (AvgIpc) is 3.25. The fourth-order valence-electron chi connectivity index (χ4n) is 5.81. The van der Waals surface area contributed by atoms with Crippen molar-refractivity contribution >= 4 is 58.5 Å². The third-order valence-corrected chi connectivity index (χ3v) is 9.53. The van der Waals surface area contributed by atoms with Crippen molar-refractivity contribution in [1.82, 2.24) is 10.6 Å². The summed E-state index contributed by atoms with van der Waals surface area (Å²) >= 11 is 0. The van der Waals surface area contributed by atoms with Gasteiger partial charge in [0.1, 0.15) is 0 Å². The molecule has 344 valence electrons. The van der Waals surface area contributed by atoms with Crippen LogP contribution < -0.4 is 21.3 Å². The minimum atomic E-state index is -0.734. The number of ether oxygens (including phenoxy) is 2. The molecule has 0 fully saturated rings. The fraction of sp³-hybridized carbons (Fsp3) is 0.545. The number of unbranched alkanes of at least 4 members (excludes halogenated alkanes) is 2. The zero-order valence-corrected chi connectivity index (χ0v) is 36.5. The standard InChI is InChI=1S/2C22H32N2O7/c2*1-14(22(30)24-18-10-16(12-25)9-17(11-18)13-26)8-19(27)15(2)23-20(28)6-4-5-7-21(29)31-3/h2*9-11,14-15,25-26H,4-8,12-13H2,1-3H3,(H,23,28)(H,24,30)/t2*14-,15+/m11/s1. The van der Waals surface area contributed by atoms with E-state index in [1.165, 1.54) is 14.2 Å². The van der Waals surface area contributed by atoms with E-state index in [9.17, 15) is 58.8 Å². The van der Waals surface area contributed by atoms with E-state index < -0.39 is 23.9 Å². The first-order valence-corrected chi connectivity index (χ1v) is 20.5. The smallest absolute Gasteiger partial charge is 0.305 e. The molecule has 0 aliphatic heterocycles. The summed E-state index contributed by atoms with van der Waals surface area (Å²) in [6.45, 7) is 5.43. The van der Waals surface area contributed by atoms with Gasteiger partial charge >= 0.3 is 11.9 Å². The monoisotopic (exact) mass is 872 g/mol. The SMILES string of the molecule is COC(=O)CCCCC(=O)N[C@@H](C)C(=O)C[C@@H](C)C(=O)Nc1cc(CO)cc(CO)c1.COC(=O)CCCCC(=O)N[C@@H](C)C(=O)C[C@@H](C)C(=O)Nc1cc(CO)cc(CO)c1. The summed E-state index contributed by atoms with van der Waals surface area (Å²) in [5, 5.41) is 47.7. The van der Waals surface area contributed by atoms with E-state index in [4.69, 9.17) is 0 Å². The highest BCUT2D eigenvalue weighted by Crippen LogP contribution is 2.19. The Balaban J connectivity index is 0.000000620. The second-order valence-corrected chi connectivity index (χ2v) is 15.0. The quantitative estimate of drug-likeness (QED) is 0.0499. The minimum absolute atomic E-state index is 0.0534. The van der Waals surface area contributed by atoms with Crippen LogP contribution in [0.1, 0.15) is 114 Å². The molecule has 62 heavy (non-hydrogen) atoms. The molecule has 2 aromatic carbocycles. The first-order valence-electron chi connectivity index (χ1n) is 20.5. The lowest BCUT2D eigenvalue weighted by Crippen LogP contribution is -2.39. The van der Waals surface area contributed by atoms with Crippen molar-refractivity contribution in [2.45, 2.75) is 130 Å². The van der Waals surface area contributed by atoms with Crippen LogP contribution >= 0.6 is 0 Å². The van der Waals surface area contributed by atoms with E-state index in [1.807, 2.05) is 0 Å². The van der Waals surface area contributed by atoms with Gasteiger partial charge < -0.3 is 51.2 Å². The van der Waals surface area contributed by atoms with E-state index in [1.54, 1.807) is 64.1 Å². The Morgan fingerprint density at radius 3 is 1.05 bits per heavy atom. The van der Waals surface area contributed by atoms with E-state index >= 15 is 0 Å². The highest BCUT2D eigenvalue weighted by molar-refractivity contribution is 5.98. The maximum absolute atomic E-state index is 12.4. The van der Waals surface area contributed by atoms with Crippen LogP contribution in [-0.2, 0) is 74.3 Å². The second-order valence-electron chi connectivity index (χ2n) is 15.0. The molecule has 0 saturated heterocycles. The zero-order valence-electron chi connectivity index (χ0n) is 36.5. The van der Waals surface area contributed by atoms with E-state index in [2.05, 4.69) is 30.7 Å². The summed E-state index contributed by atoms with van der Waals surface area (Å²) in [5.74, 6) is -3.82. The van der Waals surface area contributed by atoms with Gasteiger partial charge in [0.25, 0.3) is 0 Å². The van der Waals surface area contributed by atoms with Gasteiger partial charge in [-0.05, 0) is 86.1 Å². The molecule has 18 heteroatoms. The lowest BCUT2D eigenvalue weighted by molar-refractivity contribution is -0.141. The Morgan fingerprint density at radius 2 is 0.774 bits per heavy atom. The van der Waals surface area contributed by atoms with Crippen molar-refractivity contribution in [3.63, 3.8) is 0 Å². The topological polar surface area (TPSA) is 284 Å². The highest BCUT2D eigenvalue weighted by atomic mass is 16.5. The Bertz CT molecular complexity index is 1640. The largest absolute Gasteiger partial charge is 0.469 e. The number of aliphatic hydroxyl groups excluding tert-OH is 4. The van der Waals surface area contributed by atoms with Crippen LogP contribution in [0.2, 0.25) is 0 Å². The van der Waals surface area contributed by atoms with Crippen LogP contribution in [0.25, 0.3) is 0 Å². The molecule has 0 saturated carbocycles. The molecule has 0 aliphatic carbocycles. The molecule has 0 bridgehead atoms. The molecular formula is C44H64N4O14. The van der Waals surface area contributed by atoms with Crippen molar-refractivity contribution in [3.05, 3.63) is 58.7 Å². The van der Waals surface area contributed by atoms with Crippen LogP contribution in [0, 0.1) is 11.8 Å². The number of ketones is 2. The van der Waals surface area contributed by atoms with Gasteiger partial charge in [-0.15, -0.1) is 0 Å². The highest BCUT2D eigenvalue weighted by Gasteiger charge is 2.24. The molecule has 4 amide bonds. The Labute approximate surface area is 362 Å². The number of hydrogen-bond donors (Lipinski definition) is 8. The van der Waals surface area contributed by atoms with Crippen molar-refractivity contribution in [2.24, 2.45) is 11.8 Å². The van der Waals surface area contributed by atoms with E-state index in [0.29, 0.717) is 59.3 Å². The summed E-state index contributed by atoms with van der Waals surface area (Å²) in [6, 6.07) is 8.15. The second kappa shape index (κ2) is 29.7. The number of anilines is 2. The number of amides is 4. The molecule has 4 atom stereocenters. The number of nitrogens with one attached hydrogen (secondary N) is 4. The summed E-state index contributed by atoms with van der Waals surface area (Å²) in [4.78, 5) is 95.6. The first-order chi connectivity index (χ1) is 29.4. The summed E-state index contributed by atoms with van der Waals surface area (Å²) in [7, 11) is 2.62. The first kappa shape index (κ1) is 54.5. The van der Waals surface area contributed by atoms with Crippen LogP contribution in [0.5, 0.6) is 0 Å². The number of Topliss-reactive ketones (excluding diaryl/α,β-unsaturated/α-hetero) is 2. The maximum atomic E-state index is 12.4. The molecule has 0 aliphatic rings. The van der Waals surface area contributed by atoms with Crippen LogP contribution in [0.4, 0.5) is 11.4 Å². The molecule has 0 aromatic heterocycles. The lowest BCUT2D eigenvalue weighted by Gasteiger charge is -2.17. The number of rotatable bonds is 26. The maximum Gasteiger partial charge on any atom is 0.305 e. The predicted octanol–water partition coefficient (Wildman–Crippen LogP) is 2.89. The average molecular weight is 873 g/mol. The number of carbonyl (C=O) groups is 8. The predicted molar refractivity (Wildman–Crippen MR) is 228 cm³/mol. The number of carbonyl (C=O) groups excluding carboxylic acids is 8. The molecule has 0 unspecified atom stereocenters. The summed E-state index contributed by atoms with van der Waals surface area (Å²) in [6.07, 6.45) is 2.82. The molecular weight excluding hydrogens is 808 g/mol. The molecule has 2 rings (SSSR count). The molecule has 0 radical (unpaired) electrons. The number of benzene rings is 2. The van der Waals surface area contributed by atoms with Crippen molar-refractivity contribution in [2.75, 3.05) is 24.9 Å². The van der Waals surface area contributed by atoms with E-state index in [0.717, 1.165) is 0 Å². The van der Waals surface area contributed by atoms with E-state index in [-0.39, 0.29) is 112 Å². The number of aliphatic hydroxyl groups is 4. The third kappa shape index (κ3) is 21.8. The van der Waals surface area contributed by atoms with Crippen LogP contribution in [0.3, 0.4) is 0 Å². The van der Waals surface area contributed by atoms with Crippen molar-refractivity contribution < 1.29 is 68.3 Å². The Morgan fingerprint density at radius 1 is 0.484 bits per heavy atom. The van der Waals surface area contributed by atoms with Gasteiger partial charge in [-0.1, -0.05) is 26.0 Å². The summed E-state index contributed by atoms with van der Waals surface area (Å²) < 4.78 is 9.06. The van der Waals surface area contributed by atoms with Crippen LogP contribution in [0.15, 0.2) is 36.4 Å². The Hall–Kier alpha value is -5.56. The van der Waals surface area contributed by atoms with Crippen molar-refractivity contribution in [1.29, 1.82) is 0 Å².